The maximum atomic E-state index is 11.5. The number of anilines is 1. The number of nitrogens with one attached hydrogen (secondary N) is 1. The van der Waals surface area contributed by atoms with E-state index in [2.05, 4.69) is 21.5 Å². The Hall–Kier alpha value is -1.62. The largest absolute Gasteiger partial charge is 0.384 e. The topological polar surface area (TPSA) is 82.5 Å². The summed E-state index contributed by atoms with van der Waals surface area (Å²) in [7, 11) is -0.736. The van der Waals surface area contributed by atoms with E-state index in [-0.39, 0.29) is 12.4 Å². The van der Waals surface area contributed by atoms with E-state index in [1.54, 1.807) is 12.1 Å². The molecule has 0 bridgehead atoms. The lowest BCUT2D eigenvalue weighted by atomic mass is 10.3. The fourth-order valence-electron chi connectivity index (χ4n) is 0.915. The van der Waals surface area contributed by atoms with Crippen LogP contribution in [-0.2, 0) is 10.2 Å². The fraction of sp³-hybridized carbons (Fsp3) is 0.300. The van der Waals surface area contributed by atoms with Gasteiger partial charge in [0, 0.05) is 14.1 Å². The van der Waals surface area contributed by atoms with Crippen molar-refractivity contribution in [1.82, 2.24) is 9.29 Å². The summed E-state index contributed by atoms with van der Waals surface area (Å²) in [4.78, 5) is 3.98. The van der Waals surface area contributed by atoms with Crippen molar-refractivity contribution in [3.63, 3.8) is 0 Å². The highest BCUT2D eigenvalue weighted by Crippen LogP contribution is 2.07. The third kappa shape index (κ3) is 4.03. The Morgan fingerprint density at radius 3 is 2.76 bits per heavy atom. The second-order valence-electron chi connectivity index (χ2n) is 3.26. The van der Waals surface area contributed by atoms with Crippen molar-refractivity contribution in [2.45, 2.75) is 0 Å². The minimum Gasteiger partial charge on any atom is -0.384 e. The van der Waals surface area contributed by atoms with Crippen LogP contribution >= 0.6 is 0 Å². The number of aliphatic hydroxyl groups excluding tert-OH is 1. The van der Waals surface area contributed by atoms with E-state index in [1.807, 2.05) is 0 Å². The van der Waals surface area contributed by atoms with Crippen LogP contribution in [0.15, 0.2) is 18.2 Å². The van der Waals surface area contributed by atoms with Crippen LogP contribution < -0.4 is 4.72 Å². The maximum absolute atomic E-state index is 11.5. The molecule has 0 spiro atoms. The first-order valence-corrected chi connectivity index (χ1v) is 6.17. The van der Waals surface area contributed by atoms with Crippen molar-refractivity contribution < 1.29 is 13.5 Å². The molecule has 0 aliphatic carbocycles. The fourth-order valence-corrected chi connectivity index (χ4v) is 1.48. The highest BCUT2D eigenvalue weighted by molar-refractivity contribution is 7.90. The molecule has 7 heteroatoms. The highest BCUT2D eigenvalue weighted by Gasteiger charge is 2.13. The van der Waals surface area contributed by atoms with Gasteiger partial charge in [-0.25, -0.2) is 4.98 Å². The van der Waals surface area contributed by atoms with Gasteiger partial charge in [-0.05, 0) is 18.1 Å². The second-order valence-corrected chi connectivity index (χ2v) is 5.14. The van der Waals surface area contributed by atoms with Gasteiger partial charge in [-0.2, -0.15) is 12.7 Å². The predicted octanol–water partition coefficient (Wildman–Crippen LogP) is -0.356. The zero-order valence-corrected chi connectivity index (χ0v) is 10.3. The Kier molecular flexibility index (Phi) is 4.45. The molecule has 0 aromatic carbocycles. The van der Waals surface area contributed by atoms with E-state index >= 15 is 0 Å². The SMILES string of the molecule is CN(C)S(=O)(=O)Nc1cccc(C#CCO)n1. The van der Waals surface area contributed by atoms with E-state index in [0.29, 0.717) is 5.69 Å². The van der Waals surface area contributed by atoms with Crippen molar-refractivity contribution in [3.05, 3.63) is 23.9 Å². The van der Waals surface area contributed by atoms with Crippen LogP contribution in [0.1, 0.15) is 5.69 Å². The highest BCUT2D eigenvalue weighted by atomic mass is 32.2. The van der Waals surface area contributed by atoms with E-state index in [9.17, 15) is 8.42 Å². The van der Waals surface area contributed by atoms with Gasteiger partial charge in [0.05, 0.1) is 0 Å². The minimum absolute atomic E-state index is 0.184. The monoisotopic (exact) mass is 255 g/mol. The van der Waals surface area contributed by atoms with Gasteiger partial charge in [-0.1, -0.05) is 12.0 Å². The minimum atomic E-state index is -3.57. The van der Waals surface area contributed by atoms with Crippen LogP contribution in [0.3, 0.4) is 0 Å². The molecule has 0 atom stereocenters. The van der Waals surface area contributed by atoms with Gasteiger partial charge < -0.3 is 5.11 Å². The zero-order chi connectivity index (χ0) is 12.9. The molecule has 0 amide bonds. The first kappa shape index (κ1) is 13.4. The van der Waals surface area contributed by atoms with Crippen molar-refractivity contribution in [2.75, 3.05) is 25.4 Å². The summed E-state index contributed by atoms with van der Waals surface area (Å²) in [5.74, 6) is 5.21. The molecule has 6 nitrogen and oxygen atoms in total. The average molecular weight is 255 g/mol. The van der Waals surface area contributed by atoms with E-state index in [1.165, 1.54) is 20.2 Å². The molecule has 0 fully saturated rings. The number of aliphatic hydroxyl groups is 1. The summed E-state index contributed by atoms with van der Waals surface area (Å²) in [6.45, 7) is -0.269. The van der Waals surface area contributed by atoms with Gasteiger partial charge in [0.25, 0.3) is 0 Å². The Morgan fingerprint density at radius 2 is 2.18 bits per heavy atom. The zero-order valence-electron chi connectivity index (χ0n) is 9.51. The lowest BCUT2D eigenvalue weighted by Gasteiger charge is -2.12. The molecule has 1 rings (SSSR count). The Bertz CT molecular complexity index is 543. The van der Waals surface area contributed by atoms with Gasteiger partial charge in [-0.15, -0.1) is 0 Å². The summed E-state index contributed by atoms with van der Waals surface area (Å²) in [5.41, 5.74) is 0.387. The molecule has 17 heavy (non-hydrogen) atoms. The molecule has 0 unspecified atom stereocenters. The lowest BCUT2D eigenvalue weighted by molar-refractivity contribution is 0.350. The molecule has 0 radical (unpaired) electrons. The first-order valence-electron chi connectivity index (χ1n) is 4.73. The third-order valence-electron chi connectivity index (χ3n) is 1.76. The summed E-state index contributed by atoms with van der Waals surface area (Å²) < 4.78 is 26.4. The Balaban J connectivity index is 2.94. The van der Waals surface area contributed by atoms with Crippen LogP contribution in [-0.4, -0.2) is 43.5 Å². The third-order valence-corrected chi connectivity index (χ3v) is 3.19. The molecular weight excluding hydrogens is 242 g/mol. The smallest absolute Gasteiger partial charge is 0.302 e. The van der Waals surface area contributed by atoms with Crippen LogP contribution in [0.25, 0.3) is 0 Å². The summed E-state index contributed by atoms with van der Waals surface area (Å²) in [6, 6.07) is 4.77. The summed E-state index contributed by atoms with van der Waals surface area (Å²) in [6.07, 6.45) is 0. The van der Waals surface area contributed by atoms with Crippen LogP contribution in [0.5, 0.6) is 0 Å². The van der Waals surface area contributed by atoms with Gasteiger partial charge in [-0.3, -0.25) is 4.72 Å². The number of pyridine rings is 1. The van der Waals surface area contributed by atoms with E-state index in [0.717, 1.165) is 4.31 Å². The van der Waals surface area contributed by atoms with E-state index < -0.39 is 10.2 Å². The number of nitrogens with zero attached hydrogens (tertiary/aromatic N) is 2. The standard InChI is InChI=1S/C10H13N3O3S/c1-13(2)17(15,16)12-10-7-3-5-9(11-10)6-4-8-14/h3,5,7,14H,8H2,1-2H3,(H,11,12). The molecule has 0 aliphatic heterocycles. The number of aromatic nitrogens is 1. The molecule has 92 valence electrons. The van der Waals surface area contributed by atoms with Crippen molar-refractivity contribution in [1.29, 1.82) is 0 Å². The molecule has 1 aromatic heterocycles. The maximum Gasteiger partial charge on any atom is 0.302 e. The molecule has 1 aromatic rings. The average Bonchev–Trinajstić information content (AvgIpc) is 2.26. The quantitative estimate of drug-likeness (QED) is 0.723. The molecular formula is C10H13N3O3S. The second kappa shape index (κ2) is 5.63. The van der Waals surface area contributed by atoms with Crippen LogP contribution in [0.4, 0.5) is 5.82 Å². The van der Waals surface area contributed by atoms with Gasteiger partial charge in [0.1, 0.15) is 18.1 Å². The summed E-state index contributed by atoms with van der Waals surface area (Å²) in [5, 5.41) is 8.54. The lowest BCUT2D eigenvalue weighted by Crippen LogP contribution is -2.29. The van der Waals surface area contributed by atoms with Crippen LogP contribution in [0, 0.1) is 11.8 Å². The Labute approximate surface area is 100 Å². The molecule has 0 saturated carbocycles. The summed E-state index contributed by atoms with van der Waals surface area (Å²) >= 11 is 0. The van der Waals surface area contributed by atoms with Crippen molar-refractivity contribution in [2.24, 2.45) is 0 Å². The number of hydrogen-bond acceptors (Lipinski definition) is 4. The molecule has 2 N–H and O–H groups in total. The van der Waals surface area contributed by atoms with E-state index in [4.69, 9.17) is 5.11 Å². The predicted molar refractivity (Wildman–Crippen MR) is 64.4 cm³/mol. The van der Waals surface area contributed by atoms with Crippen molar-refractivity contribution in [3.8, 4) is 11.8 Å². The van der Waals surface area contributed by atoms with Gasteiger partial charge >= 0.3 is 10.2 Å². The van der Waals surface area contributed by atoms with Crippen LogP contribution in [0.2, 0.25) is 0 Å². The van der Waals surface area contributed by atoms with Crippen molar-refractivity contribution >= 4 is 16.0 Å². The Morgan fingerprint density at radius 1 is 1.47 bits per heavy atom. The number of rotatable bonds is 3. The molecule has 1 heterocycles. The normalized spacial score (nSPS) is 10.8. The molecule has 0 aliphatic rings. The number of hydrogen-bond donors (Lipinski definition) is 2. The molecule has 0 saturated heterocycles. The van der Waals surface area contributed by atoms with Gasteiger partial charge in [0.2, 0.25) is 0 Å². The first-order chi connectivity index (χ1) is 7.95. The van der Waals surface area contributed by atoms with Gasteiger partial charge in [0.15, 0.2) is 0 Å².